The van der Waals surface area contributed by atoms with Gasteiger partial charge in [-0.05, 0) is 90.6 Å². The molecule has 232 valence electrons. The standard InChI is InChI=1S/C36H36N2O5S2/c1-24(23-44(4,40)41)29-20-28-10-7-17-37-35(28)33(21-29)27-9-6-8-25(18-27)19-32(26-11-14-31(15-12-26)45(5,42)43)34-16-13-30(22-38-34)36(2,3)39/h6-22,24,39H,23H2,1-5H3/b32-19-. The number of nitrogens with zero attached hydrogens (tertiary/aromatic N) is 2. The van der Waals surface area contributed by atoms with Crippen molar-refractivity contribution in [3.63, 3.8) is 0 Å². The lowest BCUT2D eigenvalue weighted by atomic mass is 9.92. The second-order valence-electron chi connectivity index (χ2n) is 12.1. The van der Waals surface area contributed by atoms with Crippen LogP contribution in [0, 0.1) is 0 Å². The zero-order chi connectivity index (χ0) is 32.6. The fourth-order valence-electron chi connectivity index (χ4n) is 5.34. The first-order chi connectivity index (χ1) is 21.1. The Balaban J connectivity index is 1.65. The molecule has 1 N–H and O–H groups in total. The molecule has 0 saturated heterocycles. The molecule has 45 heavy (non-hydrogen) atoms. The normalized spacial score (nSPS) is 13.6. The lowest BCUT2D eigenvalue weighted by molar-refractivity contribution is 0.0782. The van der Waals surface area contributed by atoms with Crippen molar-refractivity contribution < 1.29 is 21.9 Å². The largest absolute Gasteiger partial charge is 0.386 e. The molecule has 0 aliphatic carbocycles. The molecule has 2 aromatic heterocycles. The van der Waals surface area contributed by atoms with Crippen molar-refractivity contribution in [2.24, 2.45) is 0 Å². The molecule has 9 heteroatoms. The maximum atomic E-state index is 12.1. The van der Waals surface area contributed by atoms with Gasteiger partial charge in [-0.15, -0.1) is 0 Å². The van der Waals surface area contributed by atoms with Gasteiger partial charge in [-0.25, -0.2) is 16.8 Å². The second kappa shape index (κ2) is 12.3. The highest BCUT2D eigenvalue weighted by Gasteiger charge is 2.19. The molecule has 5 aromatic rings. The molecule has 0 bridgehead atoms. The monoisotopic (exact) mass is 640 g/mol. The Morgan fingerprint density at radius 3 is 2.24 bits per heavy atom. The molecule has 3 aromatic carbocycles. The molecule has 1 atom stereocenters. The fourth-order valence-corrected chi connectivity index (χ4v) is 7.07. The molecule has 7 nitrogen and oxygen atoms in total. The minimum absolute atomic E-state index is 0.0434. The summed E-state index contributed by atoms with van der Waals surface area (Å²) in [4.78, 5) is 9.55. The van der Waals surface area contributed by atoms with E-state index in [4.69, 9.17) is 0 Å². The fraction of sp³-hybridized carbons (Fsp3) is 0.222. The summed E-state index contributed by atoms with van der Waals surface area (Å²) >= 11 is 0. The Morgan fingerprint density at radius 1 is 0.889 bits per heavy atom. The summed E-state index contributed by atoms with van der Waals surface area (Å²) < 4.78 is 48.4. The average molecular weight is 641 g/mol. The van der Waals surface area contributed by atoms with E-state index in [1.807, 2.05) is 73.7 Å². The van der Waals surface area contributed by atoms with Crippen molar-refractivity contribution in [1.29, 1.82) is 0 Å². The molecule has 0 aliphatic rings. The van der Waals surface area contributed by atoms with Crippen molar-refractivity contribution in [3.8, 4) is 11.1 Å². The van der Waals surface area contributed by atoms with Crippen LogP contribution in [-0.2, 0) is 25.3 Å². The number of aliphatic hydroxyl groups is 1. The van der Waals surface area contributed by atoms with E-state index in [0.29, 0.717) is 11.3 Å². The third-order valence-electron chi connectivity index (χ3n) is 7.70. The Kier molecular flexibility index (Phi) is 8.81. The van der Waals surface area contributed by atoms with Gasteiger partial charge in [-0.3, -0.25) is 9.97 Å². The number of sulfone groups is 2. The Bertz CT molecular complexity index is 2110. The number of hydrogen-bond acceptors (Lipinski definition) is 7. The molecule has 0 radical (unpaired) electrons. The van der Waals surface area contributed by atoms with E-state index in [1.54, 1.807) is 50.5 Å². The first-order valence-electron chi connectivity index (χ1n) is 14.5. The molecule has 1 unspecified atom stereocenters. The zero-order valence-electron chi connectivity index (χ0n) is 25.9. The van der Waals surface area contributed by atoms with E-state index in [0.717, 1.165) is 44.3 Å². The highest BCUT2D eigenvalue weighted by atomic mass is 32.2. The molecule has 0 amide bonds. The van der Waals surface area contributed by atoms with Crippen LogP contribution in [0.15, 0.2) is 102 Å². The number of benzene rings is 3. The minimum atomic E-state index is -3.37. The number of fused-ring (bicyclic) bond motifs is 1. The van der Waals surface area contributed by atoms with Crippen LogP contribution in [0.2, 0.25) is 0 Å². The Hall–Kier alpha value is -4.18. The lowest BCUT2D eigenvalue weighted by Crippen LogP contribution is -2.15. The van der Waals surface area contributed by atoms with E-state index >= 15 is 0 Å². The van der Waals surface area contributed by atoms with Crippen molar-refractivity contribution in [2.45, 2.75) is 37.2 Å². The van der Waals surface area contributed by atoms with Gasteiger partial charge in [0.2, 0.25) is 0 Å². The van der Waals surface area contributed by atoms with Gasteiger partial charge in [-0.1, -0.05) is 49.4 Å². The third-order valence-corrected chi connectivity index (χ3v) is 9.93. The smallest absolute Gasteiger partial charge is 0.175 e. The molecule has 5 rings (SSSR count). The molecule has 0 spiro atoms. The predicted octanol–water partition coefficient (Wildman–Crippen LogP) is 6.66. The topological polar surface area (TPSA) is 114 Å². The maximum absolute atomic E-state index is 12.1. The van der Waals surface area contributed by atoms with Crippen LogP contribution in [-0.4, -0.2) is 50.2 Å². The number of rotatable bonds is 9. The maximum Gasteiger partial charge on any atom is 0.175 e. The van der Waals surface area contributed by atoms with Crippen molar-refractivity contribution in [3.05, 3.63) is 125 Å². The molecule has 0 saturated carbocycles. The summed E-state index contributed by atoms with van der Waals surface area (Å²) in [6, 6.07) is 26.2. The average Bonchev–Trinajstić information content (AvgIpc) is 2.98. The summed E-state index contributed by atoms with van der Waals surface area (Å²) in [6.45, 7) is 5.32. The highest BCUT2D eigenvalue weighted by molar-refractivity contribution is 7.91. The van der Waals surface area contributed by atoms with Gasteiger partial charge in [0.05, 0.1) is 27.5 Å². The van der Waals surface area contributed by atoms with E-state index in [9.17, 15) is 21.9 Å². The lowest BCUT2D eigenvalue weighted by Gasteiger charge is -2.18. The van der Waals surface area contributed by atoms with Gasteiger partial charge in [0.1, 0.15) is 9.84 Å². The summed E-state index contributed by atoms with van der Waals surface area (Å²) in [5, 5.41) is 11.4. The summed E-state index contributed by atoms with van der Waals surface area (Å²) in [7, 11) is -6.54. The van der Waals surface area contributed by atoms with E-state index in [-0.39, 0.29) is 16.6 Å². The van der Waals surface area contributed by atoms with Crippen molar-refractivity contribution in [1.82, 2.24) is 9.97 Å². The number of aromatic nitrogens is 2. The van der Waals surface area contributed by atoms with Crippen molar-refractivity contribution in [2.75, 3.05) is 18.3 Å². The summed E-state index contributed by atoms with van der Waals surface area (Å²) in [5.74, 6) is -0.160. The Labute approximate surface area is 265 Å². The van der Waals surface area contributed by atoms with E-state index < -0.39 is 25.3 Å². The van der Waals surface area contributed by atoms with E-state index in [1.165, 1.54) is 12.5 Å². The van der Waals surface area contributed by atoms with Crippen molar-refractivity contribution >= 4 is 42.2 Å². The van der Waals surface area contributed by atoms with Gasteiger partial charge in [-0.2, -0.15) is 0 Å². The van der Waals surface area contributed by atoms with Gasteiger partial charge in [0.25, 0.3) is 0 Å². The quantitative estimate of drug-likeness (QED) is 0.179. The van der Waals surface area contributed by atoms with Gasteiger partial charge in [0.15, 0.2) is 9.84 Å². The van der Waals surface area contributed by atoms with Crippen LogP contribution in [0.25, 0.3) is 33.7 Å². The molecule has 0 aliphatic heterocycles. The second-order valence-corrected chi connectivity index (χ2v) is 16.3. The molecular weight excluding hydrogens is 605 g/mol. The zero-order valence-corrected chi connectivity index (χ0v) is 27.5. The first kappa shape index (κ1) is 32.2. The van der Waals surface area contributed by atoms with Crippen LogP contribution in [0.3, 0.4) is 0 Å². The minimum Gasteiger partial charge on any atom is -0.386 e. The predicted molar refractivity (Wildman–Crippen MR) is 181 cm³/mol. The van der Waals surface area contributed by atoms with Crippen LogP contribution in [0.5, 0.6) is 0 Å². The van der Waals surface area contributed by atoms with Gasteiger partial charge in [0, 0.05) is 47.0 Å². The third kappa shape index (κ3) is 7.73. The SMILES string of the molecule is CC(CS(C)(=O)=O)c1cc(-c2cccc(/C=C(/c3ccc(S(C)(=O)=O)cc3)c3ccc(C(C)(C)O)cn3)c2)c2ncccc2c1. The molecule has 2 heterocycles. The number of pyridine rings is 2. The van der Waals surface area contributed by atoms with Crippen LogP contribution in [0.1, 0.15) is 54.6 Å². The van der Waals surface area contributed by atoms with Gasteiger partial charge < -0.3 is 5.11 Å². The summed E-state index contributed by atoms with van der Waals surface area (Å²) in [6.07, 6.45) is 7.82. The highest BCUT2D eigenvalue weighted by Crippen LogP contribution is 2.34. The first-order valence-corrected chi connectivity index (χ1v) is 18.4. The summed E-state index contributed by atoms with van der Waals surface area (Å²) in [5.41, 5.74) is 6.24. The molecular formula is C36H36N2O5S2. The van der Waals surface area contributed by atoms with Crippen LogP contribution in [0.4, 0.5) is 0 Å². The van der Waals surface area contributed by atoms with Crippen LogP contribution < -0.4 is 0 Å². The van der Waals surface area contributed by atoms with E-state index in [2.05, 4.69) is 9.97 Å². The Morgan fingerprint density at radius 2 is 1.62 bits per heavy atom. The number of hydrogen-bond donors (Lipinski definition) is 1. The molecule has 0 fully saturated rings. The van der Waals surface area contributed by atoms with Crippen LogP contribution >= 0.6 is 0 Å². The van der Waals surface area contributed by atoms with Gasteiger partial charge >= 0.3 is 0 Å².